The Morgan fingerprint density at radius 1 is 1.00 bits per heavy atom. The van der Waals surface area contributed by atoms with Crippen molar-refractivity contribution in [2.45, 2.75) is 6.18 Å². The summed E-state index contributed by atoms with van der Waals surface area (Å²) in [5.74, 6) is 0.236. The largest absolute Gasteiger partial charge is 0.491 e. The third-order valence-electron chi connectivity index (χ3n) is 1.61. The third kappa shape index (κ3) is 3.75. The smallest absolute Gasteiger partial charge is 0.416 e. The lowest BCUT2D eigenvalue weighted by Gasteiger charge is -2.08. The fourth-order valence-corrected chi connectivity index (χ4v) is 0.931. The molecule has 6 heteroatoms. The molecule has 0 saturated heterocycles. The van der Waals surface area contributed by atoms with E-state index in [1.54, 1.807) is 0 Å². The Hall–Kier alpha value is -1.30. The van der Waals surface area contributed by atoms with Crippen LogP contribution in [0.15, 0.2) is 24.3 Å². The monoisotopic (exact) mass is 224 g/mol. The fraction of sp³-hybridized carbons (Fsp3) is 0.333. The summed E-state index contributed by atoms with van der Waals surface area (Å²) >= 11 is 0. The van der Waals surface area contributed by atoms with Crippen molar-refractivity contribution < 1.29 is 27.4 Å². The van der Waals surface area contributed by atoms with Gasteiger partial charge in [0.05, 0.1) is 5.56 Å². The van der Waals surface area contributed by atoms with Gasteiger partial charge >= 0.3 is 6.18 Å². The van der Waals surface area contributed by atoms with Gasteiger partial charge in [-0.1, -0.05) is 0 Å². The minimum atomic E-state index is -4.36. The van der Waals surface area contributed by atoms with Crippen LogP contribution in [0.2, 0.25) is 0 Å². The summed E-state index contributed by atoms with van der Waals surface area (Å²) in [6.07, 6.45) is -4.36. The zero-order valence-electron chi connectivity index (χ0n) is 7.55. The van der Waals surface area contributed by atoms with Crippen LogP contribution in [0.5, 0.6) is 5.75 Å². The van der Waals surface area contributed by atoms with Crippen molar-refractivity contribution in [3.05, 3.63) is 29.8 Å². The summed E-state index contributed by atoms with van der Waals surface area (Å²) in [5, 5.41) is 0. The van der Waals surface area contributed by atoms with Crippen molar-refractivity contribution in [1.82, 2.24) is 0 Å². The van der Waals surface area contributed by atoms with Crippen molar-refractivity contribution in [3.8, 4) is 5.75 Å². The van der Waals surface area contributed by atoms with Crippen LogP contribution in [0, 0.1) is 0 Å². The lowest BCUT2D eigenvalue weighted by molar-refractivity contribution is -0.138. The van der Waals surface area contributed by atoms with Gasteiger partial charge in [-0.15, -0.1) is 0 Å². The zero-order valence-corrected chi connectivity index (χ0v) is 7.55. The first-order valence-electron chi connectivity index (χ1n) is 4.07. The summed E-state index contributed by atoms with van der Waals surface area (Å²) < 4.78 is 52.4. The number of hydrogen-bond donors (Lipinski definition) is 0. The molecule has 0 bridgehead atoms. The van der Waals surface area contributed by atoms with E-state index in [1.807, 2.05) is 0 Å². The molecule has 84 valence electrons. The molecule has 0 radical (unpaired) electrons. The Morgan fingerprint density at radius 2 is 1.60 bits per heavy atom. The first kappa shape index (κ1) is 11.8. The van der Waals surface area contributed by atoms with E-state index in [4.69, 9.17) is 4.74 Å². The number of alkyl halides is 3. The molecule has 0 aromatic heterocycles. The highest BCUT2D eigenvalue weighted by molar-refractivity contribution is 5.28. The van der Waals surface area contributed by atoms with Crippen LogP contribution in [0.1, 0.15) is 5.56 Å². The molecule has 1 aromatic rings. The van der Waals surface area contributed by atoms with Crippen LogP contribution in [0.4, 0.5) is 17.7 Å². The maximum atomic E-state index is 12.1. The second-order valence-corrected chi connectivity index (χ2v) is 2.68. The molecule has 0 amide bonds. The SMILES string of the molecule is FOCCOc1ccc(C(F)(F)F)cc1. The van der Waals surface area contributed by atoms with Gasteiger partial charge in [0.15, 0.2) is 0 Å². The number of ether oxygens (including phenoxy) is 1. The molecule has 0 N–H and O–H groups in total. The predicted molar refractivity (Wildman–Crippen MR) is 44.0 cm³/mol. The molecule has 0 aliphatic rings. The van der Waals surface area contributed by atoms with Crippen LogP contribution < -0.4 is 4.74 Å². The number of rotatable bonds is 4. The molecule has 0 unspecified atom stereocenters. The number of hydrogen-bond acceptors (Lipinski definition) is 2. The molecular formula is C9H8F4O2. The van der Waals surface area contributed by atoms with Gasteiger partial charge in [0.2, 0.25) is 0 Å². The van der Waals surface area contributed by atoms with Gasteiger partial charge in [-0.3, -0.25) is 0 Å². The first-order valence-corrected chi connectivity index (χ1v) is 4.07. The molecule has 15 heavy (non-hydrogen) atoms. The van der Waals surface area contributed by atoms with E-state index in [1.165, 1.54) is 12.1 Å². The van der Waals surface area contributed by atoms with Gasteiger partial charge in [-0.2, -0.15) is 18.1 Å². The zero-order chi connectivity index (χ0) is 11.3. The van der Waals surface area contributed by atoms with Gasteiger partial charge in [0, 0.05) is 0 Å². The Labute approximate surface area is 83.3 Å². The highest BCUT2D eigenvalue weighted by Gasteiger charge is 2.29. The Bertz CT molecular complexity index is 294. The van der Waals surface area contributed by atoms with E-state index in [-0.39, 0.29) is 19.0 Å². The molecule has 0 aliphatic heterocycles. The van der Waals surface area contributed by atoms with Crippen molar-refractivity contribution in [2.24, 2.45) is 0 Å². The summed E-state index contributed by atoms with van der Waals surface area (Å²) in [6, 6.07) is 4.12. The molecule has 1 rings (SSSR count). The highest BCUT2D eigenvalue weighted by Crippen LogP contribution is 2.30. The van der Waals surface area contributed by atoms with Crippen LogP contribution in [-0.2, 0) is 11.1 Å². The quantitative estimate of drug-likeness (QED) is 0.578. The standard InChI is InChI=1S/C9H8F4O2/c10-9(11,12)7-1-3-8(4-2-7)14-5-6-15-13/h1-4H,5-6H2. The maximum absolute atomic E-state index is 12.1. The van der Waals surface area contributed by atoms with Crippen LogP contribution >= 0.6 is 0 Å². The average Bonchev–Trinajstić information content (AvgIpc) is 2.18. The van der Waals surface area contributed by atoms with E-state index in [0.29, 0.717) is 0 Å². The van der Waals surface area contributed by atoms with E-state index in [9.17, 15) is 17.7 Å². The fourth-order valence-electron chi connectivity index (χ4n) is 0.931. The Morgan fingerprint density at radius 3 is 2.07 bits per heavy atom. The maximum Gasteiger partial charge on any atom is 0.416 e. The molecule has 0 atom stereocenters. The molecule has 0 heterocycles. The van der Waals surface area contributed by atoms with E-state index in [0.717, 1.165) is 12.1 Å². The summed E-state index contributed by atoms with van der Waals surface area (Å²) in [7, 11) is 0. The normalized spacial score (nSPS) is 11.5. The molecule has 2 nitrogen and oxygen atoms in total. The van der Waals surface area contributed by atoms with Crippen molar-refractivity contribution in [3.63, 3.8) is 0 Å². The molecule has 0 spiro atoms. The van der Waals surface area contributed by atoms with Gasteiger partial charge in [0.25, 0.3) is 0 Å². The van der Waals surface area contributed by atoms with Gasteiger partial charge < -0.3 is 4.74 Å². The van der Waals surface area contributed by atoms with Gasteiger partial charge in [-0.25, -0.2) is 0 Å². The Balaban J connectivity index is 2.57. The molecule has 0 fully saturated rings. The number of halogens is 4. The lowest BCUT2D eigenvalue weighted by atomic mass is 10.2. The average molecular weight is 224 g/mol. The molecule has 0 saturated carbocycles. The van der Waals surface area contributed by atoms with E-state index < -0.39 is 11.7 Å². The first-order chi connectivity index (χ1) is 7.04. The van der Waals surface area contributed by atoms with Crippen LogP contribution in [0.3, 0.4) is 0 Å². The minimum Gasteiger partial charge on any atom is -0.491 e. The summed E-state index contributed by atoms with van der Waals surface area (Å²) in [4.78, 5) is 3.24. The second kappa shape index (κ2) is 4.97. The predicted octanol–water partition coefficient (Wildman–Crippen LogP) is 2.99. The van der Waals surface area contributed by atoms with Crippen LogP contribution in [0.25, 0.3) is 0 Å². The van der Waals surface area contributed by atoms with E-state index >= 15 is 0 Å². The third-order valence-corrected chi connectivity index (χ3v) is 1.61. The van der Waals surface area contributed by atoms with Crippen LogP contribution in [-0.4, -0.2) is 13.2 Å². The second-order valence-electron chi connectivity index (χ2n) is 2.68. The minimum absolute atomic E-state index is 0.0537. The van der Waals surface area contributed by atoms with Gasteiger partial charge in [0.1, 0.15) is 19.0 Å². The lowest BCUT2D eigenvalue weighted by Crippen LogP contribution is -2.06. The van der Waals surface area contributed by atoms with Crippen molar-refractivity contribution >= 4 is 0 Å². The van der Waals surface area contributed by atoms with E-state index in [2.05, 4.69) is 4.94 Å². The summed E-state index contributed by atoms with van der Waals surface area (Å²) in [5.41, 5.74) is -0.753. The number of benzene rings is 1. The molecule has 1 aromatic carbocycles. The van der Waals surface area contributed by atoms with Crippen molar-refractivity contribution in [1.29, 1.82) is 0 Å². The summed E-state index contributed by atoms with van der Waals surface area (Å²) in [6.45, 7) is -0.317. The highest BCUT2D eigenvalue weighted by atomic mass is 19.4. The molecule has 0 aliphatic carbocycles. The Kier molecular flexibility index (Phi) is 3.90. The van der Waals surface area contributed by atoms with Crippen molar-refractivity contribution in [2.75, 3.05) is 13.2 Å². The topological polar surface area (TPSA) is 18.5 Å². The van der Waals surface area contributed by atoms with Gasteiger partial charge in [-0.05, 0) is 28.8 Å². The molecular weight excluding hydrogens is 216 g/mol.